The molecule has 0 saturated heterocycles. The number of carbonyl (C=O) groups is 2. The van der Waals surface area contributed by atoms with E-state index in [2.05, 4.69) is 0 Å². The number of anilines is 1. The van der Waals surface area contributed by atoms with Crippen molar-refractivity contribution >= 4 is 46.4 Å². The lowest BCUT2D eigenvalue weighted by atomic mass is 10.2. The van der Waals surface area contributed by atoms with Crippen LogP contribution >= 0.6 is 23.2 Å². The summed E-state index contributed by atoms with van der Waals surface area (Å²) in [6.07, 6.45) is 0. The first-order valence-electron chi connectivity index (χ1n) is 6.22. The second kappa shape index (κ2) is 8.14. The molecule has 2 aromatic carbocycles. The van der Waals surface area contributed by atoms with Crippen molar-refractivity contribution in [1.29, 1.82) is 0 Å². The van der Waals surface area contributed by atoms with Gasteiger partial charge in [-0.15, -0.1) is 0 Å². The number of hydrogen-bond donors (Lipinski definition) is 3. The molecule has 0 aromatic heterocycles. The predicted molar refractivity (Wildman–Crippen MR) is 91.0 cm³/mol. The van der Waals surface area contributed by atoms with Crippen molar-refractivity contribution in [2.45, 2.75) is 0 Å². The summed E-state index contributed by atoms with van der Waals surface area (Å²) in [7, 11) is 0. The average Bonchev–Trinajstić information content (AvgIpc) is 2.50. The molecule has 0 unspecified atom stereocenters. The van der Waals surface area contributed by atoms with Crippen LogP contribution in [-0.2, 0) is 0 Å². The zero-order valence-corrected chi connectivity index (χ0v) is 13.5. The molecule has 0 saturated carbocycles. The molecule has 2 aromatic rings. The van der Waals surface area contributed by atoms with Gasteiger partial charge in [0, 0.05) is 17.8 Å². The fraction of sp³-hybridized carbons (Fsp3) is 0. The van der Waals surface area contributed by atoms with Gasteiger partial charge in [0.05, 0.1) is 26.1 Å². The van der Waals surface area contributed by atoms with Crippen LogP contribution in [0.25, 0.3) is 0 Å². The number of benzene rings is 2. The summed E-state index contributed by atoms with van der Waals surface area (Å²) in [5, 5.41) is 10.7. The van der Waals surface area contributed by atoms with E-state index >= 15 is 0 Å². The molecule has 0 spiro atoms. The summed E-state index contributed by atoms with van der Waals surface area (Å²) in [6.45, 7) is 0. The van der Waals surface area contributed by atoms with Gasteiger partial charge in [-0.1, -0.05) is 23.2 Å². The first kappa shape index (κ1) is 19.2. The minimum absolute atomic E-state index is 0.0455. The first-order valence-corrected chi connectivity index (χ1v) is 6.97. The molecule has 2 amide bonds. The molecule has 0 fully saturated rings. The zero-order chi connectivity index (χ0) is 18.4. The van der Waals surface area contributed by atoms with Crippen LogP contribution in [0.1, 0.15) is 20.7 Å². The number of nitro benzene ring substituents is 1. The Morgan fingerprint density at radius 3 is 1.79 bits per heavy atom. The number of hydrogen-bond acceptors (Lipinski definition) is 5. The maximum atomic E-state index is 10.7. The van der Waals surface area contributed by atoms with Crippen LogP contribution in [0.5, 0.6) is 0 Å². The van der Waals surface area contributed by atoms with Gasteiger partial charge in [-0.2, -0.15) is 0 Å². The Kier molecular flexibility index (Phi) is 6.51. The SMILES string of the molecule is NC(=O)c1cc(N)ccc1Cl.NC(=O)c1cc([N+](=O)[O-])ccc1Cl. The van der Waals surface area contributed by atoms with Crippen LogP contribution in [0.2, 0.25) is 10.0 Å². The van der Waals surface area contributed by atoms with Gasteiger partial charge in [0.25, 0.3) is 5.69 Å². The van der Waals surface area contributed by atoms with Crippen LogP contribution in [0.4, 0.5) is 11.4 Å². The van der Waals surface area contributed by atoms with Crippen molar-refractivity contribution in [1.82, 2.24) is 0 Å². The molecule has 0 aliphatic carbocycles. The predicted octanol–water partition coefficient (Wildman–Crippen LogP) is 2.37. The lowest BCUT2D eigenvalue weighted by molar-refractivity contribution is -0.384. The number of primary amides is 2. The van der Waals surface area contributed by atoms with Gasteiger partial charge in [-0.05, 0) is 24.3 Å². The monoisotopic (exact) mass is 370 g/mol. The lowest BCUT2D eigenvalue weighted by Crippen LogP contribution is -2.11. The number of nitrogens with two attached hydrogens (primary N) is 3. The largest absolute Gasteiger partial charge is 0.399 e. The molecule has 2 rings (SSSR count). The third-order valence-corrected chi connectivity index (χ3v) is 3.34. The van der Waals surface area contributed by atoms with E-state index < -0.39 is 16.7 Å². The van der Waals surface area contributed by atoms with E-state index in [1.54, 1.807) is 6.07 Å². The molecule has 0 aliphatic rings. The van der Waals surface area contributed by atoms with Gasteiger partial charge in [-0.25, -0.2) is 0 Å². The number of carbonyl (C=O) groups excluding carboxylic acids is 2. The topological polar surface area (TPSA) is 155 Å². The Hall–Kier alpha value is -2.84. The minimum atomic E-state index is -0.784. The number of amides is 2. The molecule has 0 heterocycles. The van der Waals surface area contributed by atoms with Gasteiger partial charge >= 0.3 is 0 Å². The zero-order valence-electron chi connectivity index (χ0n) is 12.0. The maximum absolute atomic E-state index is 10.7. The average molecular weight is 371 g/mol. The van der Waals surface area contributed by atoms with Crippen molar-refractivity contribution in [3.63, 3.8) is 0 Å². The van der Waals surface area contributed by atoms with Crippen molar-refractivity contribution in [2.75, 3.05) is 5.73 Å². The molecule has 0 atom stereocenters. The maximum Gasteiger partial charge on any atom is 0.270 e. The van der Waals surface area contributed by atoms with Crippen molar-refractivity contribution in [3.05, 3.63) is 67.7 Å². The number of nitro groups is 1. The van der Waals surface area contributed by atoms with Crippen LogP contribution in [-0.4, -0.2) is 16.7 Å². The van der Waals surface area contributed by atoms with E-state index in [0.717, 1.165) is 6.07 Å². The van der Waals surface area contributed by atoms with Crippen molar-refractivity contribution < 1.29 is 14.5 Å². The Bertz CT molecular complexity index is 811. The van der Waals surface area contributed by atoms with Crippen LogP contribution < -0.4 is 17.2 Å². The number of halogens is 2. The molecule has 0 aliphatic heterocycles. The second-order valence-corrected chi connectivity index (χ2v) is 5.20. The minimum Gasteiger partial charge on any atom is -0.399 e. The number of nitrogen functional groups attached to an aromatic ring is 1. The molecule has 0 bridgehead atoms. The van der Waals surface area contributed by atoms with E-state index in [4.69, 9.17) is 40.4 Å². The second-order valence-electron chi connectivity index (χ2n) is 4.39. The van der Waals surface area contributed by atoms with Crippen LogP contribution in [0, 0.1) is 10.1 Å². The van der Waals surface area contributed by atoms with Crippen LogP contribution in [0.15, 0.2) is 36.4 Å². The fourth-order valence-electron chi connectivity index (χ4n) is 1.55. The van der Waals surface area contributed by atoms with Gasteiger partial charge in [0.2, 0.25) is 11.8 Å². The van der Waals surface area contributed by atoms with Gasteiger partial charge in [0.15, 0.2) is 0 Å². The summed E-state index contributed by atoms with van der Waals surface area (Å²) in [4.78, 5) is 31.0. The molecule has 126 valence electrons. The summed E-state index contributed by atoms with van der Waals surface area (Å²) in [6, 6.07) is 8.11. The molecule has 8 nitrogen and oxygen atoms in total. The summed E-state index contributed by atoms with van der Waals surface area (Å²) in [5.41, 5.74) is 15.8. The Labute approximate surface area is 146 Å². The summed E-state index contributed by atoms with van der Waals surface area (Å²) in [5.74, 6) is -1.35. The van der Waals surface area contributed by atoms with Gasteiger partial charge in [-0.3, -0.25) is 19.7 Å². The van der Waals surface area contributed by atoms with Gasteiger partial charge < -0.3 is 17.2 Å². The Balaban J connectivity index is 0.000000243. The van der Waals surface area contributed by atoms with E-state index in [0.29, 0.717) is 10.7 Å². The molecule has 6 N–H and O–H groups in total. The Morgan fingerprint density at radius 2 is 1.38 bits per heavy atom. The number of non-ortho nitro benzene ring substituents is 1. The smallest absolute Gasteiger partial charge is 0.270 e. The fourth-order valence-corrected chi connectivity index (χ4v) is 1.97. The highest BCUT2D eigenvalue weighted by Crippen LogP contribution is 2.21. The Morgan fingerprint density at radius 1 is 0.917 bits per heavy atom. The highest BCUT2D eigenvalue weighted by atomic mass is 35.5. The van der Waals surface area contributed by atoms with E-state index in [-0.39, 0.29) is 21.8 Å². The van der Waals surface area contributed by atoms with Crippen molar-refractivity contribution in [2.24, 2.45) is 11.5 Å². The third kappa shape index (κ3) is 5.11. The normalized spacial score (nSPS) is 9.58. The van der Waals surface area contributed by atoms with E-state index in [9.17, 15) is 19.7 Å². The highest BCUT2D eigenvalue weighted by Gasteiger charge is 2.12. The van der Waals surface area contributed by atoms with Gasteiger partial charge in [0.1, 0.15) is 0 Å². The van der Waals surface area contributed by atoms with E-state index in [1.807, 2.05) is 0 Å². The standard InChI is InChI=1S/C7H5ClN2O3.C7H7ClN2O/c8-6-2-1-4(10(12)13)3-5(6)7(9)11;8-6-2-1-4(9)3-5(6)7(10)11/h1-3H,(H2,9,11);1-3H,9H2,(H2,10,11). The lowest BCUT2D eigenvalue weighted by Gasteiger charge is -1.99. The summed E-state index contributed by atoms with van der Waals surface area (Å²) >= 11 is 11.2. The summed E-state index contributed by atoms with van der Waals surface area (Å²) < 4.78 is 0. The number of nitrogens with zero attached hydrogens (tertiary/aromatic N) is 1. The van der Waals surface area contributed by atoms with E-state index in [1.165, 1.54) is 24.3 Å². The first-order chi connectivity index (χ1) is 11.1. The van der Waals surface area contributed by atoms with Crippen LogP contribution in [0.3, 0.4) is 0 Å². The van der Waals surface area contributed by atoms with Crippen molar-refractivity contribution in [3.8, 4) is 0 Å². The molecule has 24 heavy (non-hydrogen) atoms. The third-order valence-electron chi connectivity index (χ3n) is 2.68. The highest BCUT2D eigenvalue weighted by molar-refractivity contribution is 6.34. The molecular formula is C14H12Cl2N4O4. The number of rotatable bonds is 3. The molecule has 10 heteroatoms. The molecule has 0 radical (unpaired) electrons. The molecular weight excluding hydrogens is 359 g/mol. The quantitative estimate of drug-likeness (QED) is 0.429.